The van der Waals surface area contributed by atoms with Gasteiger partial charge in [-0.3, -0.25) is 4.79 Å². The van der Waals surface area contributed by atoms with Crippen molar-refractivity contribution in [1.82, 2.24) is 10.2 Å². The number of halogens is 1. The molecule has 0 aromatic heterocycles. The number of hydrogen-bond donors (Lipinski definition) is 1. The Bertz CT molecular complexity index is 482. The highest BCUT2D eigenvalue weighted by Gasteiger charge is 2.36. The first-order valence-corrected chi connectivity index (χ1v) is 7.42. The minimum atomic E-state index is -0.204. The number of carbonyl (C=O) groups excluding carboxylic acids is 1. The lowest BCUT2D eigenvalue weighted by atomic mass is 9.97. The first kappa shape index (κ1) is 13.6. The Morgan fingerprint density at radius 2 is 2.10 bits per heavy atom. The smallest absolute Gasteiger partial charge is 0.227 e. The zero-order valence-corrected chi connectivity index (χ0v) is 11.8. The maximum absolute atomic E-state index is 13.0. The normalized spacial score (nSPS) is 29.9. The van der Waals surface area contributed by atoms with Crippen LogP contribution in [0.5, 0.6) is 0 Å². The van der Waals surface area contributed by atoms with E-state index in [0.29, 0.717) is 5.92 Å². The van der Waals surface area contributed by atoms with Crippen molar-refractivity contribution in [3.8, 4) is 0 Å². The summed E-state index contributed by atoms with van der Waals surface area (Å²) in [7, 11) is 0. The van der Waals surface area contributed by atoms with E-state index in [0.717, 1.165) is 38.0 Å². The fraction of sp³-hybridized carbons (Fsp3) is 0.562. The maximum Gasteiger partial charge on any atom is 0.227 e. The fourth-order valence-electron chi connectivity index (χ4n) is 3.41. The standard InChI is InChI=1S/C16H21FN2O/c1-11-8-14(12-2-4-15(17)5-3-12)10-19(11)16(20)13-6-7-18-9-13/h2-5,11,13-14,18H,6-10H2,1H3/t11-,13-,14+/m1/s1. The van der Waals surface area contributed by atoms with Crippen LogP contribution in [0.1, 0.15) is 31.2 Å². The topological polar surface area (TPSA) is 32.3 Å². The highest BCUT2D eigenvalue weighted by molar-refractivity contribution is 5.80. The SMILES string of the molecule is C[C@@H]1C[C@H](c2ccc(F)cc2)CN1C(=O)[C@@H]1CCNC1. The van der Waals surface area contributed by atoms with Crippen LogP contribution < -0.4 is 5.32 Å². The second kappa shape index (κ2) is 5.52. The minimum absolute atomic E-state index is 0.143. The molecule has 3 nitrogen and oxygen atoms in total. The van der Waals surface area contributed by atoms with E-state index in [2.05, 4.69) is 12.2 Å². The van der Waals surface area contributed by atoms with E-state index in [1.807, 2.05) is 17.0 Å². The molecule has 0 aliphatic carbocycles. The molecule has 4 heteroatoms. The summed E-state index contributed by atoms with van der Waals surface area (Å²) in [6, 6.07) is 6.98. The number of likely N-dealkylation sites (tertiary alicyclic amines) is 1. The zero-order valence-electron chi connectivity index (χ0n) is 11.8. The van der Waals surface area contributed by atoms with Gasteiger partial charge in [-0.05, 0) is 44.0 Å². The van der Waals surface area contributed by atoms with Crippen LogP contribution in [0, 0.1) is 11.7 Å². The second-order valence-electron chi connectivity index (χ2n) is 6.01. The first-order chi connectivity index (χ1) is 9.65. The molecule has 2 heterocycles. The van der Waals surface area contributed by atoms with Crippen LogP contribution in [0.4, 0.5) is 4.39 Å². The summed E-state index contributed by atoms with van der Waals surface area (Å²) in [6.45, 7) is 4.63. The summed E-state index contributed by atoms with van der Waals surface area (Å²) in [4.78, 5) is 14.5. The number of benzene rings is 1. The van der Waals surface area contributed by atoms with E-state index in [9.17, 15) is 9.18 Å². The molecular formula is C16H21FN2O. The summed E-state index contributed by atoms with van der Waals surface area (Å²) < 4.78 is 13.0. The van der Waals surface area contributed by atoms with Crippen molar-refractivity contribution >= 4 is 5.91 Å². The van der Waals surface area contributed by atoms with E-state index >= 15 is 0 Å². The molecule has 3 atom stereocenters. The largest absolute Gasteiger partial charge is 0.339 e. The van der Waals surface area contributed by atoms with Crippen molar-refractivity contribution in [1.29, 1.82) is 0 Å². The fourth-order valence-corrected chi connectivity index (χ4v) is 3.41. The number of rotatable bonds is 2. The molecule has 1 aromatic carbocycles. The van der Waals surface area contributed by atoms with Gasteiger partial charge in [0.05, 0.1) is 5.92 Å². The Balaban J connectivity index is 1.69. The van der Waals surface area contributed by atoms with Gasteiger partial charge in [-0.25, -0.2) is 4.39 Å². The number of hydrogen-bond acceptors (Lipinski definition) is 2. The van der Waals surface area contributed by atoms with Gasteiger partial charge in [0.25, 0.3) is 0 Å². The molecule has 0 saturated carbocycles. The van der Waals surface area contributed by atoms with Crippen molar-refractivity contribution in [3.63, 3.8) is 0 Å². The Labute approximate surface area is 119 Å². The number of nitrogens with zero attached hydrogens (tertiary/aromatic N) is 1. The van der Waals surface area contributed by atoms with Gasteiger partial charge >= 0.3 is 0 Å². The Morgan fingerprint density at radius 1 is 1.35 bits per heavy atom. The average Bonchev–Trinajstić information content (AvgIpc) is 3.08. The lowest BCUT2D eigenvalue weighted by Gasteiger charge is -2.24. The third-order valence-electron chi connectivity index (χ3n) is 4.61. The first-order valence-electron chi connectivity index (χ1n) is 7.42. The molecule has 2 fully saturated rings. The third kappa shape index (κ3) is 2.57. The van der Waals surface area contributed by atoms with Crippen LogP contribution >= 0.6 is 0 Å². The number of carbonyl (C=O) groups is 1. The molecule has 1 N–H and O–H groups in total. The summed E-state index contributed by atoms with van der Waals surface area (Å²) in [6.07, 6.45) is 1.92. The molecule has 1 amide bonds. The summed E-state index contributed by atoms with van der Waals surface area (Å²) in [5, 5.41) is 3.25. The van der Waals surface area contributed by atoms with Crippen LogP contribution in [0.3, 0.4) is 0 Å². The minimum Gasteiger partial charge on any atom is -0.339 e. The van der Waals surface area contributed by atoms with Gasteiger partial charge in [-0.2, -0.15) is 0 Å². The van der Waals surface area contributed by atoms with Gasteiger partial charge in [0.1, 0.15) is 5.82 Å². The molecule has 2 aliphatic rings. The number of amides is 1. The van der Waals surface area contributed by atoms with Crippen LogP contribution in [0.2, 0.25) is 0 Å². The molecule has 2 aliphatic heterocycles. The van der Waals surface area contributed by atoms with Gasteiger partial charge in [0.2, 0.25) is 5.91 Å². The van der Waals surface area contributed by atoms with Gasteiger partial charge in [-0.1, -0.05) is 12.1 Å². The van der Waals surface area contributed by atoms with E-state index in [1.165, 1.54) is 12.1 Å². The van der Waals surface area contributed by atoms with Gasteiger partial charge in [0.15, 0.2) is 0 Å². The maximum atomic E-state index is 13.0. The molecule has 20 heavy (non-hydrogen) atoms. The van der Waals surface area contributed by atoms with E-state index in [1.54, 1.807) is 0 Å². The van der Waals surface area contributed by atoms with Gasteiger partial charge < -0.3 is 10.2 Å². The Hall–Kier alpha value is -1.42. The van der Waals surface area contributed by atoms with Crippen LogP contribution in [-0.4, -0.2) is 36.5 Å². The molecule has 0 unspecified atom stereocenters. The molecular weight excluding hydrogens is 255 g/mol. The quantitative estimate of drug-likeness (QED) is 0.897. The summed E-state index contributed by atoms with van der Waals surface area (Å²) in [5.41, 5.74) is 1.14. The molecule has 0 spiro atoms. The van der Waals surface area contributed by atoms with E-state index < -0.39 is 0 Å². The van der Waals surface area contributed by atoms with E-state index in [4.69, 9.17) is 0 Å². The molecule has 0 radical (unpaired) electrons. The van der Waals surface area contributed by atoms with Crippen LogP contribution in [-0.2, 0) is 4.79 Å². The highest BCUT2D eigenvalue weighted by Crippen LogP contribution is 2.33. The molecule has 1 aromatic rings. The van der Waals surface area contributed by atoms with Crippen molar-refractivity contribution in [2.45, 2.75) is 31.7 Å². The third-order valence-corrected chi connectivity index (χ3v) is 4.61. The highest BCUT2D eigenvalue weighted by atomic mass is 19.1. The van der Waals surface area contributed by atoms with Crippen LogP contribution in [0.15, 0.2) is 24.3 Å². The van der Waals surface area contributed by atoms with E-state index in [-0.39, 0.29) is 23.7 Å². The van der Waals surface area contributed by atoms with Crippen LogP contribution in [0.25, 0.3) is 0 Å². The predicted octanol–water partition coefficient (Wildman–Crippen LogP) is 2.14. The van der Waals surface area contributed by atoms with Crippen molar-refractivity contribution in [3.05, 3.63) is 35.6 Å². The predicted molar refractivity (Wildman–Crippen MR) is 75.9 cm³/mol. The molecule has 0 bridgehead atoms. The molecule has 3 rings (SSSR count). The second-order valence-corrected chi connectivity index (χ2v) is 6.01. The zero-order chi connectivity index (χ0) is 14.1. The summed E-state index contributed by atoms with van der Waals surface area (Å²) >= 11 is 0. The van der Waals surface area contributed by atoms with Crippen molar-refractivity contribution in [2.75, 3.05) is 19.6 Å². The Kier molecular flexibility index (Phi) is 3.74. The van der Waals surface area contributed by atoms with Crippen molar-refractivity contribution in [2.24, 2.45) is 5.92 Å². The number of nitrogens with one attached hydrogen (secondary N) is 1. The lowest BCUT2D eigenvalue weighted by Crippen LogP contribution is -2.39. The molecule has 108 valence electrons. The van der Waals surface area contributed by atoms with Gasteiger partial charge in [0, 0.05) is 25.0 Å². The lowest BCUT2D eigenvalue weighted by molar-refractivity contribution is -0.135. The monoisotopic (exact) mass is 276 g/mol. The summed E-state index contributed by atoms with van der Waals surface area (Å²) in [5.74, 6) is 0.560. The van der Waals surface area contributed by atoms with Gasteiger partial charge in [-0.15, -0.1) is 0 Å². The molecule has 2 saturated heterocycles. The Morgan fingerprint density at radius 3 is 2.75 bits per heavy atom. The van der Waals surface area contributed by atoms with Crippen molar-refractivity contribution < 1.29 is 9.18 Å². The average molecular weight is 276 g/mol.